The Morgan fingerprint density at radius 2 is 2.00 bits per heavy atom. The molecule has 0 radical (unpaired) electrons. The van der Waals surface area contributed by atoms with E-state index in [9.17, 15) is 4.79 Å². The third kappa shape index (κ3) is 8.68. The zero-order valence-corrected chi connectivity index (χ0v) is 10.8. The number of aliphatic hydroxyl groups is 1. The molecule has 0 saturated carbocycles. The molecule has 16 heavy (non-hydrogen) atoms. The molecule has 0 bridgehead atoms. The lowest BCUT2D eigenvalue weighted by molar-refractivity contribution is -0.121. The van der Waals surface area contributed by atoms with Crippen molar-refractivity contribution in [1.82, 2.24) is 10.2 Å². The summed E-state index contributed by atoms with van der Waals surface area (Å²) in [6, 6.07) is 0.203. The number of unbranched alkanes of at least 4 members (excludes halogenated alkanes) is 1. The van der Waals surface area contributed by atoms with E-state index in [1.54, 1.807) is 0 Å². The van der Waals surface area contributed by atoms with Gasteiger partial charge in [-0.2, -0.15) is 0 Å². The average Bonchev–Trinajstić information content (AvgIpc) is 2.21. The molecule has 0 aliphatic carbocycles. The fourth-order valence-electron chi connectivity index (χ4n) is 1.51. The molecule has 0 unspecified atom stereocenters. The lowest BCUT2D eigenvalue weighted by atomic mass is 10.2. The number of aliphatic hydroxyl groups excluding tert-OH is 1. The quantitative estimate of drug-likeness (QED) is 0.621. The minimum atomic E-state index is 0.0921. The summed E-state index contributed by atoms with van der Waals surface area (Å²) >= 11 is 0. The highest BCUT2D eigenvalue weighted by Crippen LogP contribution is 1.97. The Bertz CT molecular complexity index is 184. The molecule has 0 aromatic rings. The van der Waals surface area contributed by atoms with Gasteiger partial charge in [-0.1, -0.05) is 13.3 Å². The second-order valence-corrected chi connectivity index (χ2v) is 4.39. The van der Waals surface area contributed by atoms with Gasteiger partial charge in [-0.3, -0.25) is 4.79 Å². The Hall–Kier alpha value is -0.610. The number of hydrogen-bond acceptors (Lipinski definition) is 3. The number of rotatable bonds is 9. The first kappa shape index (κ1) is 15.4. The average molecular weight is 230 g/mol. The van der Waals surface area contributed by atoms with Crippen LogP contribution in [-0.2, 0) is 4.79 Å². The van der Waals surface area contributed by atoms with Gasteiger partial charge in [-0.15, -0.1) is 0 Å². The van der Waals surface area contributed by atoms with Gasteiger partial charge in [0.1, 0.15) is 0 Å². The molecule has 0 atom stereocenters. The summed E-state index contributed by atoms with van der Waals surface area (Å²) < 4.78 is 0. The molecular weight excluding hydrogens is 204 g/mol. The summed E-state index contributed by atoms with van der Waals surface area (Å²) in [7, 11) is 0. The van der Waals surface area contributed by atoms with Crippen molar-refractivity contribution >= 4 is 5.91 Å². The van der Waals surface area contributed by atoms with E-state index < -0.39 is 0 Å². The van der Waals surface area contributed by atoms with E-state index in [-0.39, 0.29) is 18.6 Å². The lowest BCUT2D eigenvalue weighted by Gasteiger charge is -2.20. The van der Waals surface area contributed by atoms with E-state index in [4.69, 9.17) is 5.11 Å². The highest BCUT2D eigenvalue weighted by atomic mass is 16.3. The van der Waals surface area contributed by atoms with E-state index in [0.717, 1.165) is 25.9 Å². The molecule has 0 aromatic heterocycles. The summed E-state index contributed by atoms with van der Waals surface area (Å²) in [6.07, 6.45) is 2.77. The molecule has 0 spiro atoms. The van der Waals surface area contributed by atoms with Crippen LogP contribution in [-0.4, -0.2) is 48.2 Å². The largest absolute Gasteiger partial charge is 0.395 e. The first-order chi connectivity index (χ1) is 7.60. The van der Waals surface area contributed by atoms with Gasteiger partial charge in [0.2, 0.25) is 5.91 Å². The summed E-state index contributed by atoms with van der Waals surface area (Å²) in [5.74, 6) is 0.0921. The van der Waals surface area contributed by atoms with Crippen LogP contribution in [0.2, 0.25) is 0 Å². The predicted molar refractivity (Wildman–Crippen MR) is 66.3 cm³/mol. The Labute approximate surface area is 99.0 Å². The summed E-state index contributed by atoms with van der Waals surface area (Å²) in [5.41, 5.74) is 0. The fourth-order valence-corrected chi connectivity index (χ4v) is 1.51. The molecule has 96 valence electrons. The van der Waals surface area contributed by atoms with Crippen LogP contribution in [0.5, 0.6) is 0 Å². The van der Waals surface area contributed by atoms with Gasteiger partial charge in [0.05, 0.1) is 6.61 Å². The number of hydrogen-bond donors (Lipinski definition) is 2. The summed E-state index contributed by atoms with van der Waals surface area (Å²) in [5, 5.41) is 11.8. The molecule has 0 rings (SSSR count). The molecule has 0 aromatic carbocycles. The monoisotopic (exact) mass is 230 g/mol. The molecule has 1 amide bonds. The Balaban J connectivity index is 3.77. The van der Waals surface area contributed by atoms with Crippen LogP contribution < -0.4 is 5.32 Å². The van der Waals surface area contributed by atoms with Gasteiger partial charge in [-0.25, -0.2) is 0 Å². The van der Waals surface area contributed by atoms with E-state index in [1.807, 2.05) is 13.8 Å². The van der Waals surface area contributed by atoms with Gasteiger partial charge in [0.25, 0.3) is 0 Å². The van der Waals surface area contributed by atoms with Crippen LogP contribution in [0.25, 0.3) is 0 Å². The normalized spacial score (nSPS) is 11.1. The van der Waals surface area contributed by atoms with Crippen molar-refractivity contribution in [3.8, 4) is 0 Å². The standard InChI is InChI=1S/C12H26N2O2/c1-4-5-7-14(9-10-15)8-6-12(16)13-11(2)3/h11,15H,4-10H2,1-3H3,(H,13,16). The van der Waals surface area contributed by atoms with E-state index in [1.165, 1.54) is 0 Å². The number of carbonyl (C=O) groups is 1. The molecule has 2 N–H and O–H groups in total. The van der Waals surface area contributed by atoms with Crippen molar-refractivity contribution in [2.24, 2.45) is 0 Å². The zero-order valence-electron chi connectivity index (χ0n) is 10.8. The Morgan fingerprint density at radius 3 is 2.50 bits per heavy atom. The van der Waals surface area contributed by atoms with Gasteiger partial charge >= 0.3 is 0 Å². The predicted octanol–water partition coefficient (Wildman–Crippen LogP) is 0.995. The summed E-state index contributed by atoms with van der Waals surface area (Å²) in [4.78, 5) is 13.6. The van der Waals surface area contributed by atoms with Crippen molar-refractivity contribution in [1.29, 1.82) is 0 Å². The topological polar surface area (TPSA) is 52.6 Å². The molecule has 4 heteroatoms. The molecule has 0 aliphatic rings. The smallest absolute Gasteiger partial charge is 0.221 e. The molecule has 0 fully saturated rings. The van der Waals surface area contributed by atoms with Crippen LogP contribution in [0.4, 0.5) is 0 Å². The van der Waals surface area contributed by atoms with Crippen LogP contribution in [0, 0.1) is 0 Å². The van der Waals surface area contributed by atoms with E-state index in [0.29, 0.717) is 13.0 Å². The molecular formula is C12H26N2O2. The minimum absolute atomic E-state index is 0.0921. The molecule has 0 saturated heterocycles. The number of nitrogens with zero attached hydrogens (tertiary/aromatic N) is 1. The van der Waals surface area contributed by atoms with Gasteiger partial charge < -0.3 is 15.3 Å². The van der Waals surface area contributed by atoms with Crippen molar-refractivity contribution in [3.05, 3.63) is 0 Å². The summed E-state index contributed by atoms with van der Waals surface area (Å²) in [6.45, 7) is 8.58. The maximum atomic E-state index is 11.4. The maximum Gasteiger partial charge on any atom is 0.221 e. The van der Waals surface area contributed by atoms with Crippen molar-refractivity contribution in [2.45, 2.75) is 46.1 Å². The first-order valence-corrected chi connectivity index (χ1v) is 6.22. The van der Waals surface area contributed by atoms with Crippen LogP contribution >= 0.6 is 0 Å². The lowest BCUT2D eigenvalue weighted by Crippen LogP contribution is -2.35. The van der Waals surface area contributed by atoms with Crippen molar-refractivity contribution in [3.63, 3.8) is 0 Å². The molecule has 0 heterocycles. The van der Waals surface area contributed by atoms with E-state index in [2.05, 4.69) is 17.1 Å². The van der Waals surface area contributed by atoms with Crippen LogP contribution in [0.15, 0.2) is 0 Å². The Kier molecular flexibility index (Phi) is 9.24. The van der Waals surface area contributed by atoms with Crippen LogP contribution in [0.3, 0.4) is 0 Å². The van der Waals surface area contributed by atoms with Gasteiger partial charge in [0, 0.05) is 25.6 Å². The molecule has 4 nitrogen and oxygen atoms in total. The number of amides is 1. The fraction of sp³-hybridized carbons (Fsp3) is 0.917. The van der Waals surface area contributed by atoms with Gasteiger partial charge in [0.15, 0.2) is 0 Å². The first-order valence-electron chi connectivity index (χ1n) is 6.22. The highest BCUT2D eigenvalue weighted by molar-refractivity contribution is 5.76. The second kappa shape index (κ2) is 9.60. The number of nitrogens with one attached hydrogen (secondary N) is 1. The zero-order chi connectivity index (χ0) is 12.4. The third-order valence-corrected chi connectivity index (χ3v) is 2.35. The second-order valence-electron chi connectivity index (χ2n) is 4.39. The minimum Gasteiger partial charge on any atom is -0.395 e. The SMILES string of the molecule is CCCCN(CCO)CCC(=O)NC(C)C. The molecule has 0 aliphatic heterocycles. The van der Waals surface area contributed by atoms with Crippen LogP contribution in [0.1, 0.15) is 40.0 Å². The maximum absolute atomic E-state index is 11.4. The Morgan fingerprint density at radius 1 is 1.31 bits per heavy atom. The number of carbonyl (C=O) groups excluding carboxylic acids is 1. The highest BCUT2D eigenvalue weighted by Gasteiger charge is 2.08. The van der Waals surface area contributed by atoms with Crippen molar-refractivity contribution < 1.29 is 9.90 Å². The van der Waals surface area contributed by atoms with E-state index >= 15 is 0 Å². The van der Waals surface area contributed by atoms with Crippen molar-refractivity contribution in [2.75, 3.05) is 26.2 Å². The van der Waals surface area contributed by atoms with Gasteiger partial charge in [-0.05, 0) is 26.8 Å². The third-order valence-electron chi connectivity index (χ3n) is 2.35.